The van der Waals surface area contributed by atoms with Crippen LogP contribution in [0.15, 0.2) is 12.1 Å². The minimum atomic E-state index is -1.01. The second kappa shape index (κ2) is 7.12. The van der Waals surface area contributed by atoms with Crippen LogP contribution in [0.5, 0.6) is 5.75 Å². The van der Waals surface area contributed by atoms with Crippen LogP contribution in [0.25, 0.3) is 0 Å². The number of carbonyl (C=O) groups is 1. The summed E-state index contributed by atoms with van der Waals surface area (Å²) in [5.74, 6) is -3.00. The Morgan fingerprint density at radius 1 is 1.17 bits per heavy atom. The molecule has 0 unspecified atom stereocenters. The number of hydrogen-bond acceptors (Lipinski definition) is 4. The van der Waals surface area contributed by atoms with Gasteiger partial charge in [0.2, 0.25) is 0 Å². The van der Waals surface area contributed by atoms with Gasteiger partial charge in [-0.05, 0) is 52.3 Å². The van der Waals surface area contributed by atoms with E-state index in [0.29, 0.717) is 12.1 Å². The molecule has 23 heavy (non-hydrogen) atoms. The molecule has 0 atom stereocenters. The predicted octanol–water partition coefficient (Wildman–Crippen LogP) is 3.06. The Hall–Kier alpha value is -1.89. The van der Waals surface area contributed by atoms with Gasteiger partial charge in [0, 0.05) is 13.1 Å². The Morgan fingerprint density at radius 2 is 1.70 bits per heavy atom. The Bertz CT molecular complexity index is 546. The summed E-state index contributed by atoms with van der Waals surface area (Å²) < 4.78 is 31.7. The van der Waals surface area contributed by atoms with Gasteiger partial charge in [0.05, 0.1) is 5.54 Å². The van der Waals surface area contributed by atoms with Crippen LogP contribution in [-0.2, 0) is 11.3 Å². The summed E-state index contributed by atoms with van der Waals surface area (Å²) in [6.07, 6.45) is -0.536. The number of carbonyl (C=O) groups excluding carboxylic acids is 1. The third-order valence-corrected chi connectivity index (χ3v) is 2.81. The van der Waals surface area contributed by atoms with Crippen molar-refractivity contribution in [2.75, 3.05) is 6.54 Å². The van der Waals surface area contributed by atoms with Gasteiger partial charge in [0.25, 0.3) is 0 Å². The van der Waals surface area contributed by atoms with Crippen molar-refractivity contribution in [3.63, 3.8) is 0 Å². The maximum atomic E-state index is 13.2. The SMILES string of the molecule is CC(C)(CNCc1cc(F)c(O)c(F)c1)NC(=O)OC(C)(C)C. The van der Waals surface area contributed by atoms with Crippen LogP contribution >= 0.6 is 0 Å². The molecule has 0 heterocycles. The number of hydrogen-bond donors (Lipinski definition) is 3. The molecule has 0 spiro atoms. The first kappa shape index (κ1) is 19.2. The van der Waals surface area contributed by atoms with E-state index in [2.05, 4.69) is 10.6 Å². The summed E-state index contributed by atoms with van der Waals surface area (Å²) in [5, 5.41) is 14.8. The molecule has 3 N–H and O–H groups in total. The number of alkyl carbamates (subject to hydrolysis) is 1. The highest BCUT2D eigenvalue weighted by atomic mass is 19.1. The first-order valence-electron chi connectivity index (χ1n) is 7.28. The van der Waals surface area contributed by atoms with E-state index in [1.807, 2.05) is 0 Å². The molecule has 0 radical (unpaired) electrons. The number of benzene rings is 1. The third kappa shape index (κ3) is 6.81. The second-order valence-electron chi connectivity index (χ2n) is 7.02. The average molecular weight is 330 g/mol. The lowest BCUT2D eigenvalue weighted by molar-refractivity contribution is 0.0472. The molecule has 1 aromatic rings. The number of phenolic OH excluding ortho intramolecular Hbond substituents is 1. The average Bonchev–Trinajstić information content (AvgIpc) is 2.32. The summed E-state index contributed by atoms with van der Waals surface area (Å²) in [4.78, 5) is 11.7. The largest absolute Gasteiger partial charge is 0.503 e. The van der Waals surface area contributed by atoms with E-state index in [-0.39, 0.29) is 6.54 Å². The first-order chi connectivity index (χ1) is 10.4. The molecule has 0 aliphatic carbocycles. The quantitative estimate of drug-likeness (QED) is 0.776. The topological polar surface area (TPSA) is 70.6 Å². The van der Waals surface area contributed by atoms with Crippen LogP contribution in [0.2, 0.25) is 0 Å². The highest BCUT2D eigenvalue weighted by molar-refractivity contribution is 5.68. The lowest BCUT2D eigenvalue weighted by atomic mass is 10.1. The molecular weight excluding hydrogens is 306 g/mol. The van der Waals surface area contributed by atoms with Crippen molar-refractivity contribution in [2.24, 2.45) is 0 Å². The van der Waals surface area contributed by atoms with Crippen LogP contribution in [-0.4, -0.2) is 28.9 Å². The fourth-order valence-corrected chi connectivity index (χ4v) is 1.86. The Morgan fingerprint density at radius 3 is 2.17 bits per heavy atom. The standard InChI is InChI=1S/C16H24F2N2O3/c1-15(2,3)23-14(22)20-16(4,5)9-19-8-10-6-11(17)13(21)12(18)7-10/h6-7,19,21H,8-9H2,1-5H3,(H,20,22). The summed E-state index contributed by atoms with van der Waals surface area (Å²) in [6, 6.07) is 2.11. The molecule has 7 heteroatoms. The van der Waals surface area contributed by atoms with Crippen molar-refractivity contribution in [1.82, 2.24) is 10.6 Å². The fraction of sp³-hybridized carbons (Fsp3) is 0.562. The molecule has 130 valence electrons. The maximum absolute atomic E-state index is 13.2. The summed E-state index contributed by atoms with van der Waals surface area (Å²) in [6.45, 7) is 9.44. The molecule has 0 saturated carbocycles. The Labute approximate surface area is 135 Å². The highest BCUT2D eigenvalue weighted by Crippen LogP contribution is 2.21. The molecule has 0 bridgehead atoms. The zero-order valence-electron chi connectivity index (χ0n) is 14.1. The minimum absolute atomic E-state index is 0.188. The van der Waals surface area contributed by atoms with Gasteiger partial charge in [-0.25, -0.2) is 13.6 Å². The summed E-state index contributed by atoms with van der Waals surface area (Å²) in [7, 11) is 0. The fourth-order valence-electron chi connectivity index (χ4n) is 1.86. The minimum Gasteiger partial charge on any atom is -0.503 e. The van der Waals surface area contributed by atoms with Gasteiger partial charge in [-0.1, -0.05) is 0 Å². The van der Waals surface area contributed by atoms with Crippen LogP contribution < -0.4 is 10.6 Å². The van der Waals surface area contributed by atoms with Gasteiger partial charge in [-0.15, -0.1) is 0 Å². The van der Waals surface area contributed by atoms with Gasteiger partial charge < -0.3 is 20.5 Å². The van der Waals surface area contributed by atoms with Gasteiger partial charge in [-0.2, -0.15) is 0 Å². The smallest absolute Gasteiger partial charge is 0.408 e. The van der Waals surface area contributed by atoms with Crippen molar-refractivity contribution in [3.8, 4) is 5.75 Å². The normalized spacial score (nSPS) is 12.1. The Kier molecular flexibility index (Phi) is 5.93. The molecule has 1 rings (SSSR count). The van der Waals surface area contributed by atoms with E-state index in [9.17, 15) is 13.6 Å². The number of phenols is 1. The monoisotopic (exact) mass is 330 g/mol. The number of aromatic hydroxyl groups is 1. The van der Waals surface area contributed by atoms with Crippen LogP contribution in [0.4, 0.5) is 13.6 Å². The second-order valence-corrected chi connectivity index (χ2v) is 7.02. The molecule has 0 aliphatic heterocycles. The van der Waals surface area contributed by atoms with Crippen molar-refractivity contribution in [2.45, 2.75) is 52.3 Å². The van der Waals surface area contributed by atoms with E-state index in [1.54, 1.807) is 34.6 Å². The lowest BCUT2D eigenvalue weighted by Gasteiger charge is -2.29. The molecule has 0 saturated heterocycles. The van der Waals surface area contributed by atoms with Crippen molar-refractivity contribution >= 4 is 6.09 Å². The highest BCUT2D eigenvalue weighted by Gasteiger charge is 2.24. The molecule has 1 amide bonds. The molecule has 0 aromatic heterocycles. The molecule has 5 nitrogen and oxygen atoms in total. The number of ether oxygens (including phenoxy) is 1. The lowest BCUT2D eigenvalue weighted by Crippen LogP contribution is -2.51. The molecular formula is C16H24F2N2O3. The number of nitrogens with one attached hydrogen (secondary N) is 2. The zero-order chi connectivity index (χ0) is 17.8. The third-order valence-electron chi connectivity index (χ3n) is 2.81. The van der Waals surface area contributed by atoms with Crippen LogP contribution in [0, 0.1) is 11.6 Å². The van der Waals surface area contributed by atoms with Gasteiger partial charge in [0.1, 0.15) is 5.60 Å². The predicted molar refractivity (Wildman–Crippen MR) is 83.2 cm³/mol. The summed E-state index contributed by atoms with van der Waals surface area (Å²) >= 11 is 0. The maximum Gasteiger partial charge on any atom is 0.408 e. The van der Waals surface area contributed by atoms with Gasteiger partial charge in [0.15, 0.2) is 17.4 Å². The van der Waals surface area contributed by atoms with Crippen LogP contribution in [0.1, 0.15) is 40.2 Å². The van der Waals surface area contributed by atoms with Gasteiger partial charge >= 0.3 is 6.09 Å². The van der Waals surface area contributed by atoms with Gasteiger partial charge in [-0.3, -0.25) is 0 Å². The van der Waals surface area contributed by atoms with E-state index >= 15 is 0 Å². The zero-order valence-corrected chi connectivity index (χ0v) is 14.1. The van der Waals surface area contributed by atoms with Crippen molar-refractivity contribution in [1.29, 1.82) is 0 Å². The van der Waals surface area contributed by atoms with E-state index in [1.165, 1.54) is 0 Å². The van der Waals surface area contributed by atoms with Crippen molar-refractivity contribution < 1.29 is 23.4 Å². The molecule has 0 fully saturated rings. The molecule has 0 aliphatic rings. The summed E-state index contributed by atoms with van der Waals surface area (Å²) in [5.41, 5.74) is -0.851. The number of halogens is 2. The van der Waals surface area contributed by atoms with E-state index in [0.717, 1.165) is 12.1 Å². The number of amides is 1. The van der Waals surface area contributed by atoms with Crippen molar-refractivity contribution in [3.05, 3.63) is 29.3 Å². The van der Waals surface area contributed by atoms with E-state index < -0.39 is 34.6 Å². The number of rotatable bonds is 5. The first-order valence-corrected chi connectivity index (χ1v) is 7.28. The van der Waals surface area contributed by atoms with E-state index in [4.69, 9.17) is 9.84 Å². The van der Waals surface area contributed by atoms with Crippen LogP contribution in [0.3, 0.4) is 0 Å². The molecule has 1 aromatic carbocycles. The Balaban J connectivity index is 2.52.